The van der Waals surface area contributed by atoms with E-state index in [0.29, 0.717) is 11.5 Å². The van der Waals surface area contributed by atoms with Crippen LogP contribution in [-0.2, 0) is 0 Å². The van der Waals surface area contributed by atoms with Gasteiger partial charge in [-0.25, -0.2) is 4.79 Å². The van der Waals surface area contributed by atoms with Crippen LogP contribution in [0.2, 0.25) is 0 Å². The summed E-state index contributed by atoms with van der Waals surface area (Å²) in [4.78, 5) is 13.9. The lowest BCUT2D eigenvalue weighted by atomic mass is 10.0. The maximum Gasteiger partial charge on any atom is 0.318 e. The van der Waals surface area contributed by atoms with Crippen LogP contribution in [0.1, 0.15) is 24.3 Å². The first-order valence-electron chi connectivity index (χ1n) is 7.39. The lowest BCUT2D eigenvalue weighted by Crippen LogP contribution is -2.45. The van der Waals surface area contributed by atoms with Gasteiger partial charge in [0, 0.05) is 12.6 Å². The fraction of sp³-hybridized carbons (Fsp3) is 0.353. The number of furan rings is 1. The highest BCUT2D eigenvalue weighted by molar-refractivity contribution is 5.75. The summed E-state index contributed by atoms with van der Waals surface area (Å²) in [5.41, 5.74) is 0.795. The van der Waals surface area contributed by atoms with E-state index in [1.807, 2.05) is 24.3 Å². The number of aliphatic hydroxyl groups is 1. The van der Waals surface area contributed by atoms with Gasteiger partial charge in [0.15, 0.2) is 0 Å². The molecule has 0 fully saturated rings. The number of likely N-dealkylation sites (N-methyl/N-ethyl adjacent to an activating group) is 1. The van der Waals surface area contributed by atoms with Gasteiger partial charge < -0.3 is 24.5 Å². The van der Waals surface area contributed by atoms with Crippen molar-refractivity contribution in [3.05, 3.63) is 54.0 Å². The molecule has 0 bridgehead atoms. The van der Waals surface area contributed by atoms with Crippen molar-refractivity contribution >= 4 is 6.03 Å². The van der Waals surface area contributed by atoms with Gasteiger partial charge in [-0.05, 0) is 25.1 Å². The summed E-state index contributed by atoms with van der Waals surface area (Å²) in [6, 6.07) is 9.94. The lowest BCUT2D eigenvalue weighted by molar-refractivity contribution is 0.155. The molecule has 2 N–H and O–H groups in total. The van der Waals surface area contributed by atoms with Crippen LogP contribution >= 0.6 is 0 Å². The number of rotatable bonds is 6. The van der Waals surface area contributed by atoms with Crippen LogP contribution in [0.25, 0.3) is 0 Å². The molecule has 124 valence electrons. The van der Waals surface area contributed by atoms with Gasteiger partial charge in [-0.2, -0.15) is 0 Å². The Balaban J connectivity index is 2.31. The van der Waals surface area contributed by atoms with Crippen LogP contribution in [0, 0.1) is 0 Å². The molecule has 0 aliphatic carbocycles. The van der Waals surface area contributed by atoms with Crippen LogP contribution in [0.5, 0.6) is 5.75 Å². The van der Waals surface area contributed by atoms with Gasteiger partial charge >= 0.3 is 6.03 Å². The van der Waals surface area contributed by atoms with Crippen LogP contribution in [0.3, 0.4) is 0 Å². The highest BCUT2D eigenvalue weighted by atomic mass is 16.5. The Kier molecular flexibility index (Phi) is 5.65. The van der Waals surface area contributed by atoms with E-state index in [4.69, 9.17) is 9.15 Å². The number of benzene rings is 1. The third-order valence-corrected chi connectivity index (χ3v) is 3.79. The summed E-state index contributed by atoms with van der Waals surface area (Å²) in [5, 5.41) is 12.1. The molecule has 6 nitrogen and oxygen atoms in total. The van der Waals surface area contributed by atoms with Crippen LogP contribution in [-0.4, -0.2) is 42.8 Å². The first kappa shape index (κ1) is 16.9. The quantitative estimate of drug-likeness (QED) is 0.857. The molecule has 0 spiro atoms. The summed E-state index contributed by atoms with van der Waals surface area (Å²) < 4.78 is 10.9. The first-order valence-corrected chi connectivity index (χ1v) is 7.39. The molecule has 1 heterocycles. The number of methoxy groups -OCH3 is 1. The monoisotopic (exact) mass is 318 g/mol. The number of hydrogen-bond acceptors (Lipinski definition) is 4. The Bertz CT molecular complexity index is 627. The normalized spacial score (nSPS) is 13.2. The second-order valence-corrected chi connectivity index (χ2v) is 5.28. The SMILES string of the molecule is COc1ccccc1C(NC(=O)N(C)C(C)CO)c1ccco1. The predicted molar refractivity (Wildman–Crippen MR) is 86.4 cm³/mol. The molecule has 0 saturated carbocycles. The molecule has 2 rings (SSSR count). The van der Waals surface area contributed by atoms with Crippen molar-refractivity contribution in [3.63, 3.8) is 0 Å². The number of nitrogens with zero attached hydrogens (tertiary/aromatic N) is 1. The highest BCUT2D eigenvalue weighted by Gasteiger charge is 2.25. The molecule has 0 aliphatic rings. The van der Waals surface area contributed by atoms with Crippen molar-refractivity contribution in [1.82, 2.24) is 10.2 Å². The molecular formula is C17H22N2O4. The van der Waals surface area contributed by atoms with Crippen molar-refractivity contribution in [2.75, 3.05) is 20.8 Å². The zero-order chi connectivity index (χ0) is 16.8. The minimum absolute atomic E-state index is 0.107. The van der Waals surface area contributed by atoms with Crippen LogP contribution < -0.4 is 10.1 Å². The summed E-state index contributed by atoms with van der Waals surface area (Å²) >= 11 is 0. The second-order valence-electron chi connectivity index (χ2n) is 5.28. The summed E-state index contributed by atoms with van der Waals surface area (Å²) in [6.45, 7) is 1.66. The third kappa shape index (κ3) is 3.84. The molecule has 1 aromatic heterocycles. The van der Waals surface area contributed by atoms with Crippen molar-refractivity contribution in [2.45, 2.75) is 19.0 Å². The molecule has 2 aromatic rings. The summed E-state index contributed by atoms with van der Waals surface area (Å²) in [6.07, 6.45) is 1.56. The molecule has 2 unspecified atom stereocenters. The van der Waals surface area contributed by atoms with Crippen molar-refractivity contribution < 1.29 is 19.1 Å². The van der Waals surface area contributed by atoms with E-state index in [1.165, 1.54) is 4.90 Å². The smallest absolute Gasteiger partial charge is 0.318 e. The number of carbonyl (C=O) groups excluding carboxylic acids is 1. The van der Waals surface area contributed by atoms with Gasteiger partial charge in [-0.15, -0.1) is 0 Å². The van der Waals surface area contributed by atoms with E-state index in [0.717, 1.165) is 5.56 Å². The van der Waals surface area contributed by atoms with E-state index in [-0.39, 0.29) is 18.7 Å². The Morgan fingerprint density at radius 1 is 1.35 bits per heavy atom. The Morgan fingerprint density at radius 3 is 2.70 bits per heavy atom. The van der Waals surface area contributed by atoms with Crippen molar-refractivity contribution in [1.29, 1.82) is 0 Å². The van der Waals surface area contributed by atoms with Crippen LogP contribution in [0.15, 0.2) is 47.1 Å². The van der Waals surface area contributed by atoms with E-state index in [9.17, 15) is 9.90 Å². The predicted octanol–water partition coefficient (Wildman–Crippen LogP) is 2.40. The highest BCUT2D eigenvalue weighted by Crippen LogP contribution is 2.30. The largest absolute Gasteiger partial charge is 0.496 e. The number of hydrogen-bond donors (Lipinski definition) is 2. The standard InChI is InChI=1S/C17H22N2O4/c1-12(11-20)19(2)17(21)18-16(15-9-6-10-23-15)13-7-4-5-8-14(13)22-3/h4-10,12,16,20H,11H2,1-3H3,(H,18,21). The molecule has 2 atom stereocenters. The topological polar surface area (TPSA) is 74.9 Å². The van der Waals surface area contributed by atoms with E-state index >= 15 is 0 Å². The van der Waals surface area contributed by atoms with E-state index in [1.54, 1.807) is 39.5 Å². The Morgan fingerprint density at radius 2 is 2.09 bits per heavy atom. The molecule has 2 amide bonds. The average molecular weight is 318 g/mol. The number of urea groups is 1. The van der Waals surface area contributed by atoms with Gasteiger partial charge in [0.2, 0.25) is 0 Å². The minimum Gasteiger partial charge on any atom is -0.496 e. The molecule has 1 aromatic carbocycles. The van der Waals surface area contributed by atoms with Gasteiger partial charge in [-0.1, -0.05) is 18.2 Å². The van der Waals surface area contributed by atoms with Crippen molar-refractivity contribution in [3.8, 4) is 5.75 Å². The van der Waals surface area contributed by atoms with Gasteiger partial charge in [0.05, 0.1) is 26.0 Å². The summed E-state index contributed by atoms with van der Waals surface area (Å²) in [5.74, 6) is 1.26. The maximum atomic E-state index is 12.4. The molecule has 0 radical (unpaired) electrons. The zero-order valence-corrected chi connectivity index (χ0v) is 13.5. The fourth-order valence-electron chi connectivity index (χ4n) is 2.21. The molecule has 23 heavy (non-hydrogen) atoms. The number of carbonyl (C=O) groups is 1. The molecule has 0 saturated heterocycles. The average Bonchev–Trinajstić information content (AvgIpc) is 3.12. The third-order valence-electron chi connectivity index (χ3n) is 3.79. The number of amides is 2. The Labute approximate surface area is 135 Å². The molecule has 6 heteroatoms. The second kappa shape index (κ2) is 7.69. The first-order chi connectivity index (χ1) is 11.1. The number of para-hydroxylation sites is 1. The van der Waals surface area contributed by atoms with Crippen molar-refractivity contribution in [2.24, 2.45) is 0 Å². The minimum atomic E-state index is -0.484. The Hall–Kier alpha value is -2.47. The van der Waals surface area contributed by atoms with E-state index < -0.39 is 6.04 Å². The maximum absolute atomic E-state index is 12.4. The molecular weight excluding hydrogens is 296 g/mol. The zero-order valence-electron chi connectivity index (χ0n) is 13.5. The number of aliphatic hydroxyl groups excluding tert-OH is 1. The molecule has 0 aliphatic heterocycles. The number of nitrogens with one attached hydrogen (secondary N) is 1. The van der Waals surface area contributed by atoms with Crippen LogP contribution in [0.4, 0.5) is 4.79 Å². The summed E-state index contributed by atoms with van der Waals surface area (Å²) in [7, 11) is 3.22. The van der Waals surface area contributed by atoms with Gasteiger partial charge in [0.1, 0.15) is 17.6 Å². The van der Waals surface area contributed by atoms with Gasteiger partial charge in [-0.3, -0.25) is 0 Å². The van der Waals surface area contributed by atoms with Gasteiger partial charge in [0.25, 0.3) is 0 Å². The van der Waals surface area contributed by atoms with E-state index in [2.05, 4.69) is 5.32 Å². The fourth-order valence-corrected chi connectivity index (χ4v) is 2.21. The lowest BCUT2D eigenvalue weighted by Gasteiger charge is -2.27. The number of ether oxygens (including phenoxy) is 1.